The minimum atomic E-state index is -4.55. The third-order valence-corrected chi connectivity index (χ3v) is 8.29. The topological polar surface area (TPSA) is 67.9 Å². The summed E-state index contributed by atoms with van der Waals surface area (Å²) >= 11 is 0.954. The monoisotopic (exact) mass is 452 g/mol. The highest BCUT2D eigenvalue weighted by Crippen LogP contribution is 2.42. The van der Waals surface area contributed by atoms with Crippen molar-refractivity contribution in [3.05, 3.63) is 35.2 Å². The van der Waals surface area contributed by atoms with Crippen molar-refractivity contribution in [2.75, 3.05) is 27.2 Å². The number of nitrogens with one attached hydrogen (secondary N) is 1. The van der Waals surface area contributed by atoms with E-state index < -0.39 is 27.7 Å². The molecule has 1 aliphatic heterocycles. The van der Waals surface area contributed by atoms with Crippen LogP contribution in [0.3, 0.4) is 0 Å². The van der Waals surface area contributed by atoms with Gasteiger partial charge in [0.1, 0.15) is 16.1 Å². The van der Waals surface area contributed by atoms with Crippen molar-refractivity contribution in [3.8, 4) is 5.06 Å². The van der Waals surface area contributed by atoms with Gasteiger partial charge >= 0.3 is 6.18 Å². The number of halogens is 3. The van der Waals surface area contributed by atoms with Crippen LogP contribution in [0.1, 0.15) is 19.8 Å². The summed E-state index contributed by atoms with van der Waals surface area (Å²) in [6.45, 7) is 2.55. The summed E-state index contributed by atoms with van der Waals surface area (Å²) in [5, 5.41) is 3.48. The first-order valence-corrected chi connectivity index (χ1v) is 11.3. The summed E-state index contributed by atoms with van der Waals surface area (Å²) in [5.74, 6) is -1.24. The molecule has 6 nitrogen and oxygen atoms in total. The van der Waals surface area contributed by atoms with Crippen LogP contribution in [0, 0.1) is 5.92 Å². The highest BCUT2D eigenvalue weighted by Gasteiger charge is 2.43. The van der Waals surface area contributed by atoms with Gasteiger partial charge in [0.2, 0.25) is 0 Å². The SMILES string of the molecule is COc1ccc(S(=O)(=O)N(C)C2=CC(O[C@@H]3CCNC3)=C(C(F)(F)F)[C@H](C)C2)s1. The van der Waals surface area contributed by atoms with Crippen molar-refractivity contribution in [2.45, 2.75) is 36.3 Å². The van der Waals surface area contributed by atoms with E-state index in [1.165, 1.54) is 39.3 Å². The maximum atomic E-state index is 13.7. The largest absolute Gasteiger partial charge is 0.489 e. The molecule has 0 spiro atoms. The molecule has 1 aliphatic carbocycles. The lowest BCUT2D eigenvalue weighted by atomic mass is 9.89. The van der Waals surface area contributed by atoms with Crippen molar-refractivity contribution >= 4 is 21.4 Å². The molecule has 2 atom stereocenters. The molecule has 0 amide bonds. The van der Waals surface area contributed by atoms with E-state index in [1.54, 1.807) is 0 Å². The highest BCUT2D eigenvalue weighted by molar-refractivity contribution is 7.91. The number of hydrogen-bond donors (Lipinski definition) is 1. The van der Waals surface area contributed by atoms with E-state index in [4.69, 9.17) is 9.47 Å². The van der Waals surface area contributed by atoms with E-state index in [1.807, 2.05) is 0 Å². The molecule has 1 N–H and O–H groups in total. The van der Waals surface area contributed by atoms with E-state index in [-0.39, 0.29) is 28.2 Å². The molecule has 0 bridgehead atoms. The van der Waals surface area contributed by atoms with Gasteiger partial charge in [-0.1, -0.05) is 18.3 Å². The smallest absolute Gasteiger partial charge is 0.416 e. The average molecular weight is 453 g/mol. The maximum absolute atomic E-state index is 13.7. The molecule has 0 aromatic carbocycles. The van der Waals surface area contributed by atoms with Crippen LogP contribution in [-0.4, -0.2) is 52.3 Å². The lowest BCUT2D eigenvalue weighted by Crippen LogP contribution is -2.32. The predicted molar refractivity (Wildman–Crippen MR) is 103 cm³/mol. The van der Waals surface area contributed by atoms with E-state index >= 15 is 0 Å². The first-order valence-electron chi connectivity index (χ1n) is 9.06. The molecule has 2 aliphatic rings. The second-order valence-corrected chi connectivity index (χ2v) is 10.2. The van der Waals surface area contributed by atoms with Crippen molar-refractivity contribution < 1.29 is 31.1 Å². The van der Waals surface area contributed by atoms with Crippen molar-refractivity contribution in [3.63, 3.8) is 0 Å². The van der Waals surface area contributed by atoms with Gasteiger partial charge in [-0.05, 0) is 37.4 Å². The number of thiophene rings is 1. The molecule has 11 heteroatoms. The van der Waals surface area contributed by atoms with Crippen LogP contribution < -0.4 is 10.1 Å². The number of hydrogen-bond acceptors (Lipinski definition) is 6. The van der Waals surface area contributed by atoms with E-state index in [0.29, 0.717) is 24.6 Å². The normalized spacial score (nSPS) is 23.2. The maximum Gasteiger partial charge on any atom is 0.416 e. The molecule has 0 unspecified atom stereocenters. The minimum Gasteiger partial charge on any atom is -0.489 e. The number of allylic oxidation sites excluding steroid dienone is 3. The van der Waals surface area contributed by atoms with Gasteiger partial charge in [-0.2, -0.15) is 13.2 Å². The Hall–Kier alpha value is -1.72. The second-order valence-electron chi connectivity index (χ2n) is 7.00. The van der Waals surface area contributed by atoms with Crippen molar-refractivity contribution in [1.29, 1.82) is 0 Å². The first-order chi connectivity index (χ1) is 13.5. The van der Waals surface area contributed by atoms with Gasteiger partial charge in [-0.15, -0.1) is 0 Å². The van der Waals surface area contributed by atoms with Gasteiger partial charge in [-0.25, -0.2) is 8.42 Å². The van der Waals surface area contributed by atoms with Gasteiger partial charge in [-0.3, -0.25) is 4.31 Å². The summed E-state index contributed by atoms with van der Waals surface area (Å²) < 4.78 is 78.7. The Morgan fingerprint density at radius 3 is 2.59 bits per heavy atom. The zero-order valence-corrected chi connectivity index (χ0v) is 17.9. The lowest BCUT2D eigenvalue weighted by Gasteiger charge is -2.32. The van der Waals surface area contributed by atoms with Gasteiger partial charge in [0.15, 0.2) is 5.06 Å². The molecule has 1 saturated heterocycles. The summed E-state index contributed by atoms with van der Waals surface area (Å²) in [4.78, 5) is 0. The lowest BCUT2D eigenvalue weighted by molar-refractivity contribution is -0.103. The Labute approximate surface area is 172 Å². The van der Waals surface area contributed by atoms with Crippen molar-refractivity contribution in [2.24, 2.45) is 5.92 Å². The molecule has 1 aromatic rings. The first kappa shape index (κ1) is 22.0. The van der Waals surface area contributed by atoms with Crippen LogP contribution in [0.15, 0.2) is 39.4 Å². The molecule has 0 radical (unpaired) electrons. The van der Waals surface area contributed by atoms with Gasteiger partial charge < -0.3 is 14.8 Å². The second kappa shape index (κ2) is 8.19. The standard InChI is InChI=1S/C18H23F3N2O4S2/c1-11-8-12(23(2)29(24,25)16-5-4-15(26-3)28-16)9-14(17(11)18(19,20)21)27-13-6-7-22-10-13/h4-5,9,11,13,22H,6-8,10H2,1-3H3/t11-,13-/m1/s1. The highest BCUT2D eigenvalue weighted by atomic mass is 32.2. The summed E-state index contributed by atoms with van der Waals surface area (Å²) in [6, 6.07) is 2.95. The third-order valence-electron chi connectivity index (χ3n) is 4.96. The fraction of sp³-hybridized carbons (Fsp3) is 0.556. The molecule has 0 saturated carbocycles. The van der Waals surface area contributed by atoms with Gasteiger partial charge in [0.05, 0.1) is 12.7 Å². The van der Waals surface area contributed by atoms with E-state index in [9.17, 15) is 21.6 Å². The molecule has 29 heavy (non-hydrogen) atoms. The Kier molecular flexibility index (Phi) is 6.21. The Morgan fingerprint density at radius 1 is 1.31 bits per heavy atom. The Bertz CT molecular complexity index is 916. The third kappa shape index (κ3) is 4.56. The zero-order chi connectivity index (χ0) is 21.4. The van der Waals surface area contributed by atoms with Crippen LogP contribution in [0.2, 0.25) is 0 Å². The molecular weight excluding hydrogens is 429 g/mol. The Morgan fingerprint density at radius 2 is 2.03 bits per heavy atom. The quantitative estimate of drug-likeness (QED) is 0.716. The van der Waals surface area contributed by atoms with Crippen LogP contribution in [0.5, 0.6) is 5.06 Å². The summed E-state index contributed by atoms with van der Waals surface area (Å²) in [6.07, 6.45) is -3.20. The van der Waals surface area contributed by atoms with Crippen LogP contribution >= 0.6 is 11.3 Å². The number of nitrogens with zero attached hydrogens (tertiary/aromatic N) is 1. The molecule has 1 fully saturated rings. The van der Waals surface area contributed by atoms with E-state index in [2.05, 4.69) is 5.32 Å². The molecular formula is C18H23F3N2O4S2. The number of methoxy groups -OCH3 is 1. The summed E-state index contributed by atoms with van der Waals surface area (Å²) in [5.41, 5.74) is -0.504. The van der Waals surface area contributed by atoms with Gasteiger partial charge in [0.25, 0.3) is 10.0 Å². The molecule has 2 heterocycles. The summed E-state index contributed by atoms with van der Waals surface area (Å²) in [7, 11) is -1.15. The molecule has 3 rings (SSSR count). The Balaban J connectivity index is 1.97. The minimum absolute atomic E-state index is 0.0541. The number of ether oxygens (including phenoxy) is 2. The zero-order valence-electron chi connectivity index (χ0n) is 16.2. The number of alkyl halides is 3. The molecule has 162 valence electrons. The predicted octanol–water partition coefficient (Wildman–Crippen LogP) is 3.50. The average Bonchev–Trinajstić information content (AvgIpc) is 3.31. The van der Waals surface area contributed by atoms with Crippen LogP contribution in [-0.2, 0) is 14.8 Å². The fourth-order valence-corrected chi connectivity index (χ4v) is 5.93. The van der Waals surface area contributed by atoms with Crippen LogP contribution in [0.4, 0.5) is 13.2 Å². The van der Waals surface area contributed by atoms with Crippen molar-refractivity contribution in [1.82, 2.24) is 9.62 Å². The van der Waals surface area contributed by atoms with E-state index in [0.717, 1.165) is 15.6 Å². The fourth-order valence-electron chi connectivity index (χ4n) is 3.43. The number of sulfonamides is 1. The molecule has 1 aromatic heterocycles. The van der Waals surface area contributed by atoms with Crippen LogP contribution in [0.25, 0.3) is 0 Å². The van der Waals surface area contributed by atoms with Gasteiger partial charge in [0, 0.05) is 25.4 Å². The number of rotatable bonds is 6.